The molecule has 1 fully saturated rings. The third-order valence-corrected chi connectivity index (χ3v) is 5.29. The molecule has 10 heteroatoms. The highest BCUT2D eigenvalue weighted by Gasteiger charge is 2.37. The minimum absolute atomic E-state index is 0.0593. The van der Waals surface area contributed by atoms with Crippen molar-refractivity contribution in [1.82, 2.24) is 5.32 Å². The lowest BCUT2D eigenvalue weighted by Gasteiger charge is -2.26. The Morgan fingerprint density at radius 1 is 1.27 bits per heavy atom. The number of carbonyl (C=O) groups is 3. The summed E-state index contributed by atoms with van der Waals surface area (Å²) in [4.78, 5) is 38.6. The van der Waals surface area contributed by atoms with Crippen LogP contribution in [0.25, 0.3) is 6.08 Å². The third kappa shape index (κ3) is 3.96. The number of carbonyl (C=O) groups excluding carboxylic acids is 3. The van der Waals surface area contributed by atoms with Crippen LogP contribution in [-0.4, -0.2) is 30.1 Å². The summed E-state index contributed by atoms with van der Waals surface area (Å²) < 4.78 is 5.08. The van der Waals surface area contributed by atoms with Crippen LogP contribution in [0, 0.1) is 17.6 Å². The highest BCUT2D eigenvalue weighted by molar-refractivity contribution is 8.03. The van der Waals surface area contributed by atoms with Gasteiger partial charge in [-0.2, -0.15) is 5.26 Å². The molecule has 8 nitrogen and oxygen atoms in total. The van der Waals surface area contributed by atoms with Crippen molar-refractivity contribution >= 4 is 53.0 Å². The average molecular weight is 444 g/mol. The molecule has 2 aromatic carbocycles. The SMILES string of the molecule is COc1cc(/C=C2/C(=O)NC(=O)N(c3ccc(C)c(Cl)c3)C2=O)cc(SC#N)c1O. The third-order valence-electron chi connectivity index (χ3n) is 4.26. The van der Waals surface area contributed by atoms with Crippen LogP contribution in [0.1, 0.15) is 11.1 Å². The first kappa shape index (κ1) is 21.2. The number of urea groups is 1. The van der Waals surface area contributed by atoms with Crippen molar-refractivity contribution in [3.05, 3.63) is 52.1 Å². The lowest BCUT2D eigenvalue weighted by molar-refractivity contribution is -0.122. The van der Waals surface area contributed by atoms with Crippen LogP contribution in [0.15, 0.2) is 40.8 Å². The first-order valence-electron chi connectivity index (χ1n) is 8.41. The molecule has 0 saturated carbocycles. The maximum absolute atomic E-state index is 13.0. The van der Waals surface area contributed by atoms with Crippen LogP contribution in [0.2, 0.25) is 5.02 Å². The molecule has 30 heavy (non-hydrogen) atoms. The van der Waals surface area contributed by atoms with E-state index in [4.69, 9.17) is 21.6 Å². The molecule has 2 aromatic rings. The zero-order valence-electron chi connectivity index (χ0n) is 15.7. The molecule has 2 N–H and O–H groups in total. The van der Waals surface area contributed by atoms with Crippen molar-refractivity contribution in [1.29, 1.82) is 5.26 Å². The molecule has 0 radical (unpaired) electrons. The number of rotatable bonds is 4. The number of barbiturate groups is 1. The number of halogens is 1. The fraction of sp³-hybridized carbons (Fsp3) is 0.100. The number of nitriles is 1. The van der Waals surface area contributed by atoms with Gasteiger partial charge in [0.1, 0.15) is 11.0 Å². The Hall–Kier alpha value is -3.48. The quantitative estimate of drug-likeness (QED) is 0.320. The number of nitrogens with zero attached hydrogens (tertiary/aromatic N) is 2. The molecule has 0 bridgehead atoms. The zero-order chi connectivity index (χ0) is 22.0. The number of thiocyanates is 1. The molecule has 152 valence electrons. The predicted molar refractivity (Wildman–Crippen MR) is 111 cm³/mol. The minimum Gasteiger partial charge on any atom is -0.503 e. The second-order valence-electron chi connectivity index (χ2n) is 6.15. The first-order valence-corrected chi connectivity index (χ1v) is 9.60. The Morgan fingerprint density at radius 3 is 2.63 bits per heavy atom. The second kappa shape index (κ2) is 8.49. The first-order chi connectivity index (χ1) is 14.3. The van der Waals surface area contributed by atoms with E-state index < -0.39 is 17.8 Å². The summed E-state index contributed by atoms with van der Waals surface area (Å²) in [7, 11) is 1.33. The standard InChI is InChI=1S/C20H14ClN3O5S/c1-10-3-4-12(8-14(10)21)24-19(27)13(18(26)23-20(24)28)5-11-6-15(29-2)17(25)16(7-11)30-9-22/h3-8,25H,1-2H3,(H,23,26,28)/b13-5-. The number of aromatic hydroxyl groups is 1. The van der Waals surface area contributed by atoms with Gasteiger partial charge in [0.05, 0.1) is 17.7 Å². The molecule has 1 aliphatic rings. The van der Waals surface area contributed by atoms with Crippen molar-refractivity contribution in [3.8, 4) is 16.9 Å². The van der Waals surface area contributed by atoms with Crippen LogP contribution < -0.4 is 15.0 Å². The molecule has 1 heterocycles. The number of phenols is 1. The summed E-state index contributed by atoms with van der Waals surface area (Å²) in [6.45, 7) is 1.77. The monoisotopic (exact) mass is 443 g/mol. The van der Waals surface area contributed by atoms with E-state index >= 15 is 0 Å². The Labute approximate surface area is 180 Å². The molecular formula is C20H14ClN3O5S. The van der Waals surface area contributed by atoms with Crippen molar-refractivity contribution in [2.75, 3.05) is 12.0 Å². The molecule has 1 saturated heterocycles. The smallest absolute Gasteiger partial charge is 0.335 e. The van der Waals surface area contributed by atoms with E-state index in [1.807, 2.05) is 5.40 Å². The molecule has 0 aromatic heterocycles. The Balaban J connectivity index is 2.07. The molecule has 0 aliphatic carbocycles. The summed E-state index contributed by atoms with van der Waals surface area (Å²) in [6, 6.07) is 6.56. The van der Waals surface area contributed by atoms with E-state index in [2.05, 4.69) is 5.32 Å². The number of nitrogens with one attached hydrogen (secondary N) is 1. The fourth-order valence-electron chi connectivity index (χ4n) is 2.75. The maximum Gasteiger partial charge on any atom is 0.335 e. The van der Waals surface area contributed by atoms with E-state index in [1.165, 1.54) is 37.5 Å². The average Bonchev–Trinajstić information content (AvgIpc) is 2.70. The van der Waals surface area contributed by atoms with Gasteiger partial charge in [0, 0.05) is 5.02 Å². The number of phenolic OH excluding ortho intramolecular Hbond substituents is 1. The largest absolute Gasteiger partial charge is 0.503 e. The van der Waals surface area contributed by atoms with Crippen LogP contribution in [-0.2, 0) is 9.59 Å². The number of benzene rings is 2. The van der Waals surface area contributed by atoms with Gasteiger partial charge >= 0.3 is 6.03 Å². The Morgan fingerprint density at radius 2 is 2.00 bits per heavy atom. The van der Waals surface area contributed by atoms with Gasteiger partial charge in [-0.1, -0.05) is 17.7 Å². The highest BCUT2D eigenvalue weighted by atomic mass is 35.5. The second-order valence-corrected chi connectivity index (χ2v) is 7.39. The summed E-state index contributed by atoms with van der Waals surface area (Å²) in [5, 5.41) is 23.3. The van der Waals surface area contributed by atoms with Crippen molar-refractivity contribution in [2.45, 2.75) is 11.8 Å². The van der Waals surface area contributed by atoms with Gasteiger partial charge < -0.3 is 9.84 Å². The molecule has 0 spiro atoms. The minimum atomic E-state index is -0.897. The van der Waals surface area contributed by atoms with Crippen LogP contribution in [0.3, 0.4) is 0 Å². The molecular weight excluding hydrogens is 430 g/mol. The van der Waals surface area contributed by atoms with Crippen LogP contribution >= 0.6 is 23.4 Å². The van der Waals surface area contributed by atoms with Crippen molar-refractivity contribution in [2.24, 2.45) is 0 Å². The number of amides is 4. The van der Waals surface area contributed by atoms with E-state index in [1.54, 1.807) is 13.0 Å². The number of anilines is 1. The van der Waals surface area contributed by atoms with E-state index in [9.17, 15) is 19.5 Å². The number of ether oxygens (including phenoxy) is 1. The number of thioether (sulfide) groups is 1. The van der Waals surface area contributed by atoms with Gasteiger partial charge in [0.25, 0.3) is 11.8 Å². The van der Waals surface area contributed by atoms with Gasteiger partial charge in [-0.3, -0.25) is 14.9 Å². The molecule has 4 amide bonds. The molecule has 3 rings (SSSR count). The van der Waals surface area contributed by atoms with Gasteiger partial charge in [-0.05, 0) is 60.2 Å². The van der Waals surface area contributed by atoms with Crippen molar-refractivity contribution in [3.63, 3.8) is 0 Å². The summed E-state index contributed by atoms with van der Waals surface area (Å²) in [5.41, 5.74) is 0.968. The lowest BCUT2D eigenvalue weighted by Crippen LogP contribution is -2.54. The molecule has 0 atom stereocenters. The Bertz CT molecular complexity index is 1160. The van der Waals surface area contributed by atoms with Gasteiger partial charge in [0.15, 0.2) is 11.5 Å². The normalized spacial score (nSPS) is 15.2. The van der Waals surface area contributed by atoms with E-state index in [0.29, 0.717) is 22.3 Å². The van der Waals surface area contributed by atoms with E-state index in [-0.39, 0.29) is 27.7 Å². The Kier molecular flexibility index (Phi) is 6.01. The number of hydrogen-bond acceptors (Lipinski definition) is 7. The van der Waals surface area contributed by atoms with Gasteiger partial charge in [-0.25, -0.2) is 9.69 Å². The molecule has 1 aliphatic heterocycles. The summed E-state index contributed by atoms with van der Waals surface area (Å²) in [6.07, 6.45) is 1.25. The van der Waals surface area contributed by atoms with Crippen LogP contribution in [0.5, 0.6) is 11.5 Å². The summed E-state index contributed by atoms with van der Waals surface area (Å²) >= 11 is 6.79. The predicted octanol–water partition coefficient (Wildman–Crippen LogP) is 3.60. The van der Waals surface area contributed by atoms with Crippen molar-refractivity contribution < 1.29 is 24.2 Å². The van der Waals surface area contributed by atoms with Crippen LogP contribution in [0.4, 0.5) is 10.5 Å². The highest BCUT2D eigenvalue weighted by Crippen LogP contribution is 2.38. The number of methoxy groups -OCH3 is 1. The molecule has 0 unspecified atom stereocenters. The number of hydrogen-bond donors (Lipinski definition) is 2. The van der Waals surface area contributed by atoms with E-state index in [0.717, 1.165) is 10.5 Å². The fourth-order valence-corrected chi connectivity index (χ4v) is 3.41. The zero-order valence-corrected chi connectivity index (χ0v) is 17.3. The van der Waals surface area contributed by atoms with Gasteiger partial charge in [0.2, 0.25) is 0 Å². The summed E-state index contributed by atoms with van der Waals surface area (Å²) in [5.74, 6) is -1.90. The maximum atomic E-state index is 13.0. The lowest BCUT2D eigenvalue weighted by atomic mass is 10.1. The number of imide groups is 2. The number of aryl methyl sites for hydroxylation is 1. The topological polar surface area (TPSA) is 120 Å². The van der Waals surface area contributed by atoms with Gasteiger partial charge in [-0.15, -0.1) is 0 Å².